The largest absolute Gasteiger partial charge is 0.479 e. The van der Waals surface area contributed by atoms with Crippen LogP contribution in [0.3, 0.4) is 0 Å². The van der Waals surface area contributed by atoms with Crippen LogP contribution in [0.15, 0.2) is 17.5 Å². The van der Waals surface area contributed by atoms with E-state index in [2.05, 4.69) is 5.32 Å². The van der Waals surface area contributed by atoms with Gasteiger partial charge in [-0.2, -0.15) is 0 Å². The van der Waals surface area contributed by atoms with Crippen molar-refractivity contribution in [3.8, 4) is 0 Å². The molecule has 1 atom stereocenters. The molecule has 1 fully saturated rings. The number of nitrogens with one attached hydrogen (secondary N) is 1. The Morgan fingerprint density at radius 2 is 2.25 bits per heavy atom. The summed E-state index contributed by atoms with van der Waals surface area (Å²) >= 11 is 1.30. The second-order valence-corrected chi connectivity index (χ2v) is 4.90. The molecule has 0 radical (unpaired) electrons. The van der Waals surface area contributed by atoms with Crippen molar-refractivity contribution in [3.63, 3.8) is 0 Å². The molecule has 1 aliphatic carbocycles. The number of hydrogen-bond donors (Lipinski definition) is 3. The summed E-state index contributed by atoms with van der Waals surface area (Å²) in [4.78, 5) is 23.3. The Bertz CT molecular complexity index is 412. The van der Waals surface area contributed by atoms with Crippen LogP contribution in [0.25, 0.3) is 0 Å². The molecule has 1 aliphatic rings. The van der Waals surface area contributed by atoms with E-state index in [0.717, 1.165) is 0 Å². The van der Waals surface area contributed by atoms with Gasteiger partial charge in [-0.25, -0.2) is 4.79 Å². The number of hydrogen-bond acceptors (Lipinski definition) is 4. The molecular formula is C10H12N2O3S. The molecule has 1 saturated carbocycles. The summed E-state index contributed by atoms with van der Waals surface area (Å²) in [6.07, 6.45) is 1.24. The number of rotatable bonds is 4. The third kappa shape index (κ3) is 2.07. The fourth-order valence-electron chi connectivity index (χ4n) is 1.35. The zero-order valence-electron chi connectivity index (χ0n) is 8.47. The first-order valence-corrected chi connectivity index (χ1v) is 5.77. The Balaban J connectivity index is 2.10. The SMILES string of the molecule is NC1(C(=O)NC(C(=O)O)c2cccs2)CC1. The quantitative estimate of drug-likeness (QED) is 0.713. The lowest BCUT2D eigenvalue weighted by atomic mass is 10.2. The van der Waals surface area contributed by atoms with Gasteiger partial charge in [-0.3, -0.25) is 4.79 Å². The van der Waals surface area contributed by atoms with E-state index < -0.39 is 17.6 Å². The van der Waals surface area contributed by atoms with E-state index >= 15 is 0 Å². The molecule has 6 heteroatoms. The van der Waals surface area contributed by atoms with Crippen LogP contribution in [0.4, 0.5) is 0 Å². The minimum absolute atomic E-state index is 0.381. The Hall–Kier alpha value is -1.40. The molecule has 0 saturated heterocycles. The highest BCUT2D eigenvalue weighted by Gasteiger charge is 2.47. The summed E-state index contributed by atoms with van der Waals surface area (Å²) < 4.78 is 0. The van der Waals surface area contributed by atoms with E-state index in [0.29, 0.717) is 17.7 Å². The summed E-state index contributed by atoms with van der Waals surface area (Å²) in [6.45, 7) is 0. The lowest BCUT2D eigenvalue weighted by Gasteiger charge is -2.15. The van der Waals surface area contributed by atoms with Gasteiger partial charge in [0.25, 0.3) is 0 Å². The zero-order chi connectivity index (χ0) is 11.8. The molecular weight excluding hydrogens is 228 g/mol. The van der Waals surface area contributed by atoms with Crippen LogP contribution in [-0.4, -0.2) is 22.5 Å². The molecule has 86 valence electrons. The molecule has 1 aromatic rings. The molecule has 1 unspecified atom stereocenters. The molecule has 0 aromatic carbocycles. The topological polar surface area (TPSA) is 92.4 Å². The highest BCUT2D eigenvalue weighted by molar-refractivity contribution is 7.10. The molecule has 1 amide bonds. The Kier molecular flexibility index (Phi) is 2.69. The van der Waals surface area contributed by atoms with Crippen LogP contribution in [-0.2, 0) is 9.59 Å². The monoisotopic (exact) mass is 240 g/mol. The van der Waals surface area contributed by atoms with Crippen molar-refractivity contribution >= 4 is 23.2 Å². The summed E-state index contributed by atoms with van der Waals surface area (Å²) in [5.41, 5.74) is 4.85. The van der Waals surface area contributed by atoms with Crippen LogP contribution >= 0.6 is 11.3 Å². The maximum absolute atomic E-state index is 11.6. The third-order valence-electron chi connectivity index (χ3n) is 2.59. The number of carboxylic acids is 1. The number of nitrogens with two attached hydrogens (primary N) is 1. The fourth-order valence-corrected chi connectivity index (χ4v) is 2.11. The summed E-state index contributed by atoms with van der Waals surface area (Å²) in [6, 6.07) is 2.44. The minimum Gasteiger partial charge on any atom is -0.479 e. The molecule has 5 nitrogen and oxygen atoms in total. The predicted molar refractivity (Wildman–Crippen MR) is 59.0 cm³/mol. The molecule has 0 aliphatic heterocycles. The summed E-state index contributed by atoms with van der Waals surface area (Å²) in [5, 5.41) is 13.3. The predicted octanol–water partition coefficient (Wildman–Crippen LogP) is 0.481. The van der Waals surface area contributed by atoms with E-state index in [1.807, 2.05) is 0 Å². The number of carbonyl (C=O) groups excluding carboxylic acids is 1. The van der Waals surface area contributed by atoms with Crippen molar-refractivity contribution in [1.29, 1.82) is 0 Å². The number of aliphatic carboxylic acids is 1. The maximum Gasteiger partial charge on any atom is 0.331 e. The molecule has 1 aromatic heterocycles. The average Bonchev–Trinajstić information content (AvgIpc) is 2.80. The van der Waals surface area contributed by atoms with Crippen molar-refractivity contribution in [2.24, 2.45) is 5.73 Å². The number of thiophene rings is 1. The van der Waals surface area contributed by atoms with Crippen LogP contribution in [0.2, 0.25) is 0 Å². The number of amides is 1. The molecule has 4 N–H and O–H groups in total. The third-order valence-corrected chi connectivity index (χ3v) is 3.53. The highest BCUT2D eigenvalue weighted by Crippen LogP contribution is 2.33. The summed E-state index contributed by atoms with van der Waals surface area (Å²) in [7, 11) is 0. The van der Waals surface area contributed by atoms with Crippen molar-refractivity contribution < 1.29 is 14.7 Å². The zero-order valence-corrected chi connectivity index (χ0v) is 9.29. The van der Waals surface area contributed by atoms with Gasteiger partial charge >= 0.3 is 5.97 Å². The van der Waals surface area contributed by atoms with Crippen molar-refractivity contribution in [1.82, 2.24) is 5.32 Å². The Morgan fingerprint density at radius 3 is 2.69 bits per heavy atom. The average molecular weight is 240 g/mol. The van der Waals surface area contributed by atoms with Gasteiger partial charge in [0.2, 0.25) is 5.91 Å². The van der Waals surface area contributed by atoms with Gasteiger partial charge in [-0.1, -0.05) is 6.07 Å². The van der Waals surface area contributed by atoms with Gasteiger partial charge in [-0.15, -0.1) is 11.3 Å². The van der Waals surface area contributed by atoms with Gasteiger partial charge in [0.15, 0.2) is 6.04 Å². The van der Waals surface area contributed by atoms with E-state index in [1.54, 1.807) is 17.5 Å². The van der Waals surface area contributed by atoms with Crippen LogP contribution in [0, 0.1) is 0 Å². The van der Waals surface area contributed by atoms with E-state index in [1.165, 1.54) is 11.3 Å². The lowest BCUT2D eigenvalue weighted by Crippen LogP contribution is -2.45. The molecule has 1 heterocycles. The first kappa shape index (κ1) is 11.1. The second-order valence-electron chi connectivity index (χ2n) is 3.92. The summed E-state index contributed by atoms with van der Waals surface area (Å²) in [5.74, 6) is -1.45. The lowest BCUT2D eigenvalue weighted by molar-refractivity contribution is -0.142. The standard InChI is InChI=1S/C10H12N2O3S/c11-10(3-4-10)9(15)12-7(8(13)14)6-2-1-5-16-6/h1-2,5,7H,3-4,11H2,(H,12,15)(H,13,14). The Labute approximate surface area is 96.3 Å². The maximum atomic E-state index is 11.6. The first-order valence-electron chi connectivity index (χ1n) is 4.89. The minimum atomic E-state index is -1.07. The first-order chi connectivity index (χ1) is 7.53. The molecule has 16 heavy (non-hydrogen) atoms. The van der Waals surface area contributed by atoms with E-state index in [-0.39, 0.29) is 5.91 Å². The molecule has 0 spiro atoms. The van der Waals surface area contributed by atoms with Crippen molar-refractivity contribution in [2.75, 3.05) is 0 Å². The van der Waals surface area contributed by atoms with Crippen molar-refractivity contribution in [2.45, 2.75) is 24.4 Å². The van der Waals surface area contributed by atoms with Crippen LogP contribution < -0.4 is 11.1 Å². The van der Waals surface area contributed by atoms with Gasteiger partial charge in [0.1, 0.15) is 0 Å². The molecule has 0 bridgehead atoms. The number of carboxylic acid groups (broad SMARTS) is 1. The van der Waals surface area contributed by atoms with E-state index in [4.69, 9.17) is 10.8 Å². The highest BCUT2D eigenvalue weighted by atomic mass is 32.1. The van der Waals surface area contributed by atoms with Crippen molar-refractivity contribution in [3.05, 3.63) is 22.4 Å². The molecule has 2 rings (SSSR count). The smallest absolute Gasteiger partial charge is 0.331 e. The van der Waals surface area contributed by atoms with E-state index in [9.17, 15) is 9.59 Å². The second kappa shape index (κ2) is 3.88. The van der Waals surface area contributed by atoms with Gasteiger partial charge in [0.05, 0.1) is 5.54 Å². The van der Waals surface area contributed by atoms with Crippen LogP contribution in [0.1, 0.15) is 23.8 Å². The number of carbonyl (C=O) groups is 2. The fraction of sp³-hybridized carbons (Fsp3) is 0.400. The Morgan fingerprint density at radius 1 is 1.56 bits per heavy atom. The van der Waals surface area contributed by atoms with Gasteiger partial charge in [-0.05, 0) is 24.3 Å². The van der Waals surface area contributed by atoms with Crippen LogP contribution in [0.5, 0.6) is 0 Å². The normalized spacial score (nSPS) is 18.8. The van der Waals surface area contributed by atoms with Gasteiger partial charge < -0.3 is 16.2 Å². The van der Waals surface area contributed by atoms with Gasteiger partial charge in [0, 0.05) is 4.88 Å².